The highest BCUT2D eigenvalue weighted by Gasteiger charge is 2.24. The number of allylic oxidation sites excluding steroid dienone is 1. The van der Waals surface area contributed by atoms with Gasteiger partial charge in [-0.15, -0.1) is 6.58 Å². The highest BCUT2D eigenvalue weighted by molar-refractivity contribution is 5.69. The number of carbonyl (C=O) groups is 1. The van der Waals surface area contributed by atoms with Crippen molar-refractivity contribution in [2.45, 2.75) is 70.3 Å². The molecule has 0 aromatic heterocycles. The highest BCUT2D eigenvalue weighted by Crippen LogP contribution is 2.34. The molecular weight excluding hydrogens is 272 g/mol. The van der Waals surface area contributed by atoms with Gasteiger partial charge < -0.3 is 4.74 Å². The lowest BCUT2D eigenvalue weighted by Crippen LogP contribution is -2.23. The number of esters is 1. The van der Waals surface area contributed by atoms with Crippen molar-refractivity contribution in [3.8, 4) is 0 Å². The Morgan fingerprint density at radius 3 is 2.50 bits per heavy atom. The maximum Gasteiger partial charge on any atom is 0.306 e. The summed E-state index contributed by atoms with van der Waals surface area (Å²) in [6, 6.07) is 9.10. The SMILES string of the molecule is C=CCCC(=O)O[C@H]1CC[C@H](c2ccc(CCC)cc2)CC1. The predicted octanol–water partition coefficient (Wildman–Crippen LogP) is 5.17. The number of benzene rings is 1. The Labute approximate surface area is 134 Å². The number of hydrogen-bond donors (Lipinski definition) is 0. The molecule has 120 valence electrons. The van der Waals surface area contributed by atoms with Gasteiger partial charge in [-0.05, 0) is 55.6 Å². The molecule has 2 rings (SSSR count). The van der Waals surface area contributed by atoms with Gasteiger partial charge in [-0.2, -0.15) is 0 Å². The Balaban J connectivity index is 1.79. The van der Waals surface area contributed by atoms with E-state index >= 15 is 0 Å². The summed E-state index contributed by atoms with van der Waals surface area (Å²) in [5.74, 6) is 0.547. The molecule has 0 saturated heterocycles. The van der Waals surface area contributed by atoms with Crippen LogP contribution in [-0.2, 0) is 16.0 Å². The minimum Gasteiger partial charge on any atom is -0.462 e. The normalized spacial score (nSPS) is 21.3. The number of carbonyl (C=O) groups excluding carboxylic acids is 1. The van der Waals surface area contributed by atoms with E-state index in [-0.39, 0.29) is 12.1 Å². The zero-order chi connectivity index (χ0) is 15.8. The Hall–Kier alpha value is -1.57. The highest BCUT2D eigenvalue weighted by atomic mass is 16.5. The van der Waals surface area contributed by atoms with Crippen LogP contribution in [0.2, 0.25) is 0 Å². The molecule has 0 spiro atoms. The second-order valence-electron chi connectivity index (χ2n) is 6.28. The fraction of sp³-hybridized carbons (Fsp3) is 0.550. The molecule has 1 aromatic rings. The second kappa shape index (κ2) is 8.77. The van der Waals surface area contributed by atoms with Crippen molar-refractivity contribution in [3.63, 3.8) is 0 Å². The van der Waals surface area contributed by atoms with Crippen molar-refractivity contribution in [2.75, 3.05) is 0 Å². The van der Waals surface area contributed by atoms with Crippen molar-refractivity contribution in [1.29, 1.82) is 0 Å². The summed E-state index contributed by atoms with van der Waals surface area (Å²) >= 11 is 0. The first-order chi connectivity index (χ1) is 10.7. The van der Waals surface area contributed by atoms with Gasteiger partial charge in [-0.25, -0.2) is 0 Å². The van der Waals surface area contributed by atoms with Crippen LogP contribution < -0.4 is 0 Å². The smallest absolute Gasteiger partial charge is 0.306 e. The number of ether oxygens (including phenoxy) is 1. The molecule has 0 bridgehead atoms. The van der Waals surface area contributed by atoms with E-state index in [0.717, 1.165) is 32.1 Å². The minimum absolute atomic E-state index is 0.0766. The van der Waals surface area contributed by atoms with Crippen LogP contribution >= 0.6 is 0 Å². The lowest BCUT2D eigenvalue weighted by molar-refractivity contribution is -0.150. The monoisotopic (exact) mass is 300 g/mol. The summed E-state index contributed by atoms with van der Waals surface area (Å²) in [4.78, 5) is 11.7. The first-order valence-electron chi connectivity index (χ1n) is 8.62. The van der Waals surface area contributed by atoms with E-state index in [0.29, 0.717) is 18.8 Å². The van der Waals surface area contributed by atoms with Crippen molar-refractivity contribution in [3.05, 3.63) is 48.0 Å². The second-order valence-corrected chi connectivity index (χ2v) is 6.28. The molecule has 0 atom stereocenters. The Kier molecular flexibility index (Phi) is 6.70. The average molecular weight is 300 g/mol. The lowest BCUT2D eigenvalue weighted by Gasteiger charge is -2.28. The summed E-state index contributed by atoms with van der Waals surface area (Å²) in [6.45, 7) is 5.85. The fourth-order valence-corrected chi connectivity index (χ4v) is 3.22. The molecule has 2 nitrogen and oxygen atoms in total. The average Bonchev–Trinajstić information content (AvgIpc) is 2.55. The quantitative estimate of drug-likeness (QED) is 0.512. The topological polar surface area (TPSA) is 26.3 Å². The van der Waals surface area contributed by atoms with Gasteiger partial charge in [0.25, 0.3) is 0 Å². The van der Waals surface area contributed by atoms with Crippen LogP contribution in [0, 0.1) is 0 Å². The molecule has 1 aliphatic rings. The summed E-state index contributed by atoms with van der Waals surface area (Å²) in [5, 5.41) is 0. The van der Waals surface area contributed by atoms with Gasteiger partial charge in [0.1, 0.15) is 6.10 Å². The van der Waals surface area contributed by atoms with Gasteiger partial charge >= 0.3 is 5.97 Å². The van der Waals surface area contributed by atoms with E-state index in [1.165, 1.54) is 17.5 Å². The largest absolute Gasteiger partial charge is 0.462 e. The number of aryl methyl sites for hydroxylation is 1. The Morgan fingerprint density at radius 1 is 1.23 bits per heavy atom. The number of hydrogen-bond acceptors (Lipinski definition) is 2. The van der Waals surface area contributed by atoms with Gasteiger partial charge in [0, 0.05) is 6.42 Å². The molecule has 2 heteroatoms. The van der Waals surface area contributed by atoms with Crippen molar-refractivity contribution in [2.24, 2.45) is 0 Å². The Bertz CT molecular complexity index is 467. The van der Waals surface area contributed by atoms with Crippen LogP contribution in [0.3, 0.4) is 0 Å². The van der Waals surface area contributed by atoms with Crippen LogP contribution in [0.15, 0.2) is 36.9 Å². The van der Waals surface area contributed by atoms with Gasteiger partial charge in [-0.1, -0.05) is 43.7 Å². The molecule has 0 aliphatic heterocycles. The fourth-order valence-electron chi connectivity index (χ4n) is 3.22. The third-order valence-corrected chi connectivity index (χ3v) is 4.51. The Morgan fingerprint density at radius 2 is 1.91 bits per heavy atom. The van der Waals surface area contributed by atoms with Crippen LogP contribution in [0.4, 0.5) is 0 Å². The van der Waals surface area contributed by atoms with E-state index in [2.05, 4.69) is 37.8 Å². The van der Waals surface area contributed by atoms with Crippen molar-refractivity contribution in [1.82, 2.24) is 0 Å². The standard InChI is InChI=1S/C20H28O2/c1-3-5-7-20(21)22-19-14-12-18(13-15-19)17-10-8-16(6-4-2)9-11-17/h3,8-11,18-19H,1,4-7,12-15H2,2H3/t18-,19-. The molecule has 0 unspecified atom stereocenters. The van der Waals surface area contributed by atoms with Gasteiger partial charge in [0.15, 0.2) is 0 Å². The third kappa shape index (κ3) is 5.01. The van der Waals surface area contributed by atoms with Crippen LogP contribution in [0.1, 0.15) is 68.9 Å². The molecule has 1 fully saturated rings. The molecule has 1 aliphatic carbocycles. The molecule has 0 radical (unpaired) electrons. The summed E-state index contributed by atoms with van der Waals surface area (Å²) < 4.78 is 5.54. The molecule has 0 amide bonds. The summed E-state index contributed by atoms with van der Waals surface area (Å²) in [5.41, 5.74) is 2.87. The molecule has 1 saturated carbocycles. The minimum atomic E-state index is -0.0766. The molecule has 1 aromatic carbocycles. The van der Waals surface area contributed by atoms with Crippen LogP contribution in [0.5, 0.6) is 0 Å². The van der Waals surface area contributed by atoms with Gasteiger partial charge in [-0.3, -0.25) is 4.79 Å². The van der Waals surface area contributed by atoms with Crippen LogP contribution in [-0.4, -0.2) is 12.1 Å². The van der Waals surface area contributed by atoms with Gasteiger partial charge in [0.05, 0.1) is 0 Å². The maximum atomic E-state index is 11.7. The molecular formula is C20H28O2. The van der Waals surface area contributed by atoms with Gasteiger partial charge in [0.2, 0.25) is 0 Å². The van der Waals surface area contributed by atoms with E-state index in [1.807, 2.05) is 0 Å². The van der Waals surface area contributed by atoms with E-state index in [1.54, 1.807) is 6.08 Å². The summed E-state index contributed by atoms with van der Waals surface area (Å²) in [6.07, 6.45) is 9.62. The molecule has 0 N–H and O–H groups in total. The van der Waals surface area contributed by atoms with E-state index in [9.17, 15) is 4.79 Å². The van der Waals surface area contributed by atoms with Crippen molar-refractivity contribution < 1.29 is 9.53 Å². The lowest BCUT2D eigenvalue weighted by atomic mass is 9.82. The zero-order valence-electron chi connectivity index (χ0n) is 13.7. The maximum absolute atomic E-state index is 11.7. The number of rotatable bonds is 7. The third-order valence-electron chi connectivity index (χ3n) is 4.51. The molecule has 0 heterocycles. The predicted molar refractivity (Wildman–Crippen MR) is 91.0 cm³/mol. The van der Waals surface area contributed by atoms with Crippen molar-refractivity contribution >= 4 is 5.97 Å². The first-order valence-corrected chi connectivity index (χ1v) is 8.62. The van der Waals surface area contributed by atoms with E-state index in [4.69, 9.17) is 4.74 Å². The van der Waals surface area contributed by atoms with E-state index < -0.39 is 0 Å². The van der Waals surface area contributed by atoms with Crippen LogP contribution in [0.25, 0.3) is 0 Å². The summed E-state index contributed by atoms with van der Waals surface area (Å²) in [7, 11) is 0. The first kappa shape index (κ1) is 16.8. The molecule has 22 heavy (non-hydrogen) atoms. The zero-order valence-corrected chi connectivity index (χ0v) is 13.7.